The molecule has 0 saturated carbocycles. The van der Waals surface area contributed by atoms with E-state index in [4.69, 9.17) is 0 Å². The zero-order valence-electron chi connectivity index (χ0n) is 3.49. The Balaban J connectivity index is 0. The fourth-order valence-corrected chi connectivity index (χ4v) is 0. The molecule has 5 heavy (non-hydrogen) atoms. The molecule has 0 aliphatic carbocycles. The van der Waals surface area contributed by atoms with Gasteiger partial charge >= 0.3 is 109 Å². The largest absolute Gasteiger partial charge is 4.00 e. The van der Waals surface area contributed by atoms with Crippen molar-refractivity contribution in [3.63, 3.8) is 0 Å². The average molecular weight is 133 g/mol. The normalized spacial score (nSPS) is 0. The maximum absolute atomic E-state index is 0. The minimum Gasteiger partial charge on any atom is -2.00 e. The summed E-state index contributed by atoms with van der Waals surface area (Å²) in [5.74, 6) is 0. The standard InChI is InChI=1S/Al.K.Na.O.Si/q+3;2*+1;-2;+4. The van der Waals surface area contributed by atoms with Crippen LogP contribution in [0.25, 0.3) is 0 Å². The predicted octanol–water partition coefficient (Wildman–Crippen LogP) is -6.87. The molecule has 0 fully saturated rings. The first-order valence-corrected chi connectivity index (χ1v) is 0. The van der Waals surface area contributed by atoms with Gasteiger partial charge < -0.3 is 5.48 Å². The van der Waals surface area contributed by atoms with Crippen LogP contribution in [0, 0.1) is 0 Å². The Labute approximate surface area is 112 Å². The second-order valence-corrected chi connectivity index (χ2v) is 0. The molecular formula is AlKNaOSi+7. The molecule has 0 rings (SSSR count). The molecule has 0 bridgehead atoms. The van der Waals surface area contributed by atoms with E-state index in [1.54, 1.807) is 0 Å². The van der Waals surface area contributed by atoms with Crippen molar-refractivity contribution >= 4 is 28.3 Å². The minimum absolute atomic E-state index is 0. The minimum atomic E-state index is 0. The summed E-state index contributed by atoms with van der Waals surface area (Å²) in [4.78, 5) is 0. The molecule has 0 radical (unpaired) electrons. The first-order chi connectivity index (χ1) is 0. The van der Waals surface area contributed by atoms with Crippen molar-refractivity contribution in [2.24, 2.45) is 0 Å². The van der Waals surface area contributed by atoms with Gasteiger partial charge in [-0.2, -0.15) is 0 Å². The van der Waals surface area contributed by atoms with Gasteiger partial charge in [0.2, 0.25) is 0 Å². The van der Waals surface area contributed by atoms with Crippen LogP contribution in [-0.2, 0) is 5.48 Å². The van der Waals surface area contributed by atoms with Crippen molar-refractivity contribution in [3.05, 3.63) is 0 Å². The third kappa shape index (κ3) is 18.8. The number of rotatable bonds is 0. The molecule has 5 heteroatoms. The Bertz CT molecular complexity index is 11.6. The molecule has 0 amide bonds. The van der Waals surface area contributed by atoms with Gasteiger partial charge in [-0.25, -0.2) is 0 Å². The van der Waals surface area contributed by atoms with Crippen LogP contribution >= 0.6 is 0 Å². The molecule has 8 valence electrons. The predicted molar refractivity (Wildman–Crippen MR) is 12.2 cm³/mol. The zero-order chi connectivity index (χ0) is 0. The molecule has 0 saturated heterocycles. The maximum Gasteiger partial charge on any atom is 4.00 e. The molecule has 0 atom stereocenters. The van der Waals surface area contributed by atoms with E-state index in [-0.39, 0.29) is 115 Å². The van der Waals surface area contributed by atoms with Gasteiger partial charge in [-0.3, -0.25) is 0 Å². The smallest absolute Gasteiger partial charge is 2.00 e. The zero-order valence-corrected chi connectivity index (χ0v) is 10.8. The Hall–Kier alpha value is 3.35. The van der Waals surface area contributed by atoms with E-state index in [0.717, 1.165) is 0 Å². The van der Waals surface area contributed by atoms with Crippen LogP contribution in [0.3, 0.4) is 0 Å². The SMILES string of the molecule is [Al+3].[K+].[Na+].[O-2].[Si+4]. The van der Waals surface area contributed by atoms with Crippen LogP contribution in [0.2, 0.25) is 0 Å². The Morgan fingerprint density at radius 2 is 1.00 bits per heavy atom. The number of hydrogen-bond acceptors (Lipinski definition) is 0. The molecule has 0 N–H and O–H groups in total. The summed E-state index contributed by atoms with van der Waals surface area (Å²) >= 11 is 0. The summed E-state index contributed by atoms with van der Waals surface area (Å²) in [6, 6.07) is 0. The Morgan fingerprint density at radius 1 is 1.00 bits per heavy atom. The van der Waals surface area contributed by atoms with Crippen LogP contribution in [0.4, 0.5) is 0 Å². The van der Waals surface area contributed by atoms with E-state index in [9.17, 15) is 0 Å². The Kier molecular flexibility index (Phi) is 213. The summed E-state index contributed by atoms with van der Waals surface area (Å²) < 4.78 is 0. The maximum atomic E-state index is 0. The van der Waals surface area contributed by atoms with Gasteiger partial charge in [-0.1, -0.05) is 0 Å². The van der Waals surface area contributed by atoms with E-state index < -0.39 is 0 Å². The van der Waals surface area contributed by atoms with Crippen LogP contribution in [0.1, 0.15) is 0 Å². The summed E-state index contributed by atoms with van der Waals surface area (Å²) in [7, 11) is 0. The molecule has 0 aromatic heterocycles. The summed E-state index contributed by atoms with van der Waals surface area (Å²) in [6.45, 7) is 0. The Morgan fingerprint density at radius 3 is 1.00 bits per heavy atom. The first-order valence-electron chi connectivity index (χ1n) is 0. The van der Waals surface area contributed by atoms with Crippen molar-refractivity contribution in [3.8, 4) is 0 Å². The van der Waals surface area contributed by atoms with Crippen LogP contribution in [0.15, 0.2) is 0 Å². The van der Waals surface area contributed by atoms with E-state index >= 15 is 0 Å². The van der Waals surface area contributed by atoms with Gasteiger partial charge in [0, 0.05) is 0 Å². The molecule has 0 unspecified atom stereocenters. The van der Waals surface area contributed by atoms with Gasteiger partial charge in [0.1, 0.15) is 0 Å². The average Bonchev–Trinajstić information content (AvgIpc) is 0. The molecule has 0 aromatic rings. The van der Waals surface area contributed by atoms with E-state index in [1.165, 1.54) is 0 Å². The monoisotopic (exact) mass is 133 g/mol. The van der Waals surface area contributed by atoms with Crippen molar-refractivity contribution in [1.29, 1.82) is 0 Å². The molecule has 0 spiro atoms. The van der Waals surface area contributed by atoms with Gasteiger partial charge in [0.15, 0.2) is 0 Å². The van der Waals surface area contributed by atoms with Gasteiger partial charge in [-0.15, -0.1) is 0 Å². The van der Waals surface area contributed by atoms with Crippen molar-refractivity contribution in [1.82, 2.24) is 0 Å². The summed E-state index contributed by atoms with van der Waals surface area (Å²) in [6.07, 6.45) is 0. The molecule has 0 heterocycles. The summed E-state index contributed by atoms with van der Waals surface area (Å²) in [5.41, 5.74) is 0. The second-order valence-electron chi connectivity index (χ2n) is 0. The molecule has 0 aliphatic rings. The molecule has 0 aliphatic heterocycles. The van der Waals surface area contributed by atoms with Crippen LogP contribution in [0.5, 0.6) is 0 Å². The van der Waals surface area contributed by atoms with Crippen molar-refractivity contribution < 1.29 is 86.4 Å². The number of hydrogen-bond donors (Lipinski definition) is 0. The third-order valence-corrected chi connectivity index (χ3v) is 0. The van der Waals surface area contributed by atoms with Gasteiger partial charge in [-0.05, 0) is 0 Å². The van der Waals surface area contributed by atoms with Gasteiger partial charge in [0.05, 0.1) is 0 Å². The fourth-order valence-electron chi connectivity index (χ4n) is 0. The van der Waals surface area contributed by atoms with E-state index in [2.05, 4.69) is 0 Å². The fraction of sp³-hybridized carbons (Fsp3) is 0. The van der Waals surface area contributed by atoms with Crippen molar-refractivity contribution in [2.75, 3.05) is 0 Å². The quantitative estimate of drug-likeness (QED) is 0.294. The first kappa shape index (κ1) is 40.2. The van der Waals surface area contributed by atoms with Gasteiger partial charge in [0.25, 0.3) is 0 Å². The molecule has 1 nitrogen and oxygen atoms in total. The van der Waals surface area contributed by atoms with Crippen LogP contribution < -0.4 is 80.9 Å². The molecule has 0 aromatic carbocycles. The van der Waals surface area contributed by atoms with E-state index in [1.807, 2.05) is 0 Å². The third-order valence-electron chi connectivity index (χ3n) is 0. The second kappa shape index (κ2) is 26.4. The van der Waals surface area contributed by atoms with E-state index in [0.29, 0.717) is 0 Å². The molecular weight excluding hydrogens is 133 g/mol. The summed E-state index contributed by atoms with van der Waals surface area (Å²) in [5, 5.41) is 0. The van der Waals surface area contributed by atoms with Crippen LogP contribution in [-0.4, -0.2) is 28.3 Å². The van der Waals surface area contributed by atoms with Crippen molar-refractivity contribution in [2.45, 2.75) is 0 Å². The topological polar surface area (TPSA) is 28.5 Å².